The Kier molecular flexibility index (Phi) is 7.12. The minimum atomic E-state index is 0.0922. The second-order valence-electron chi connectivity index (χ2n) is 6.31. The first-order valence-corrected chi connectivity index (χ1v) is 8.69. The van der Waals surface area contributed by atoms with Crippen LogP contribution in [0.5, 0.6) is 0 Å². The molecule has 2 aliphatic rings. The Hall–Kier alpha value is -1.14. The molecule has 22 heavy (non-hydrogen) atoms. The van der Waals surface area contributed by atoms with Gasteiger partial charge >= 0.3 is 0 Å². The van der Waals surface area contributed by atoms with Crippen molar-refractivity contribution in [3.05, 3.63) is 0 Å². The van der Waals surface area contributed by atoms with Gasteiger partial charge in [-0.3, -0.25) is 9.59 Å². The quantitative estimate of drug-likeness (QED) is 0.727. The highest BCUT2D eigenvalue weighted by Gasteiger charge is 2.26. The Bertz CT molecular complexity index is 369. The van der Waals surface area contributed by atoms with Crippen molar-refractivity contribution in [1.29, 1.82) is 0 Å². The van der Waals surface area contributed by atoms with Crippen molar-refractivity contribution in [3.8, 4) is 0 Å². The van der Waals surface area contributed by atoms with Gasteiger partial charge in [-0.2, -0.15) is 0 Å². The van der Waals surface area contributed by atoms with Crippen molar-refractivity contribution in [2.75, 3.05) is 52.4 Å². The van der Waals surface area contributed by atoms with Crippen LogP contribution in [0.15, 0.2) is 0 Å². The number of amides is 2. The van der Waals surface area contributed by atoms with E-state index < -0.39 is 0 Å². The van der Waals surface area contributed by atoms with Crippen LogP contribution in [0, 0.1) is 5.92 Å². The van der Waals surface area contributed by atoms with Gasteiger partial charge in [0.05, 0.1) is 5.92 Å². The molecule has 2 amide bonds. The fraction of sp³-hybridized carbons (Fsp3) is 0.875. The molecule has 0 aliphatic carbocycles. The molecule has 2 heterocycles. The average molecular weight is 310 g/mol. The summed E-state index contributed by atoms with van der Waals surface area (Å²) in [6.07, 6.45) is 3.56. The van der Waals surface area contributed by atoms with Gasteiger partial charge in [-0.1, -0.05) is 6.92 Å². The maximum atomic E-state index is 12.2. The smallest absolute Gasteiger partial charge is 0.224 e. The largest absolute Gasteiger partial charge is 0.356 e. The van der Waals surface area contributed by atoms with Crippen LogP contribution >= 0.6 is 0 Å². The van der Waals surface area contributed by atoms with Crippen molar-refractivity contribution in [2.24, 2.45) is 5.92 Å². The van der Waals surface area contributed by atoms with Crippen molar-refractivity contribution >= 4 is 11.8 Å². The van der Waals surface area contributed by atoms with Crippen LogP contribution in [-0.4, -0.2) is 74.0 Å². The molecule has 1 atom stereocenters. The number of carbonyl (C=O) groups excluding carboxylic acids is 2. The number of nitrogens with zero attached hydrogens (tertiary/aromatic N) is 2. The van der Waals surface area contributed by atoms with Gasteiger partial charge in [-0.25, -0.2) is 0 Å². The summed E-state index contributed by atoms with van der Waals surface area (Å²) >= 11 is 0. The van der Waals surface area contributed by atoms with Crippen LogP contribution in [0.25, 0.3) is 0 Å². The number of piperidine rings is 1. The molecule has 0 saturated carbocycles. The SMILES string of the molecule is CCCNC(=O)C1CCCN(CCC(=O)N2CCNCC2)C1. The Morgan fingerprint density at radius 1 is 1.23 bits per heavy atom. The summed E-state index contributed by atoms with van der Waals surface area (Å²) < 4.78 is 0. The highest BCUT2D eigenvalue weighted by Crippen LogP contribution is 2.17. The maximum Gasteiger partial charge on any atom is 0.224 e. The summed E-state index contributed by atoms with van der Waals surface area (Å²) in [5.41, 5.74) is 0. The molecule has 1 unspecified atom stereocenters. The van der Waals surface area contributed by atoms with E-state index in [9.17, 15) is 9.59 Å². The Balaban J connectivity index is 1.70. The predicted molar refractivity (Wildman–Crippen MR) is 86.5 cm³/mol. The Labute approximate surface area is 133 Å². The maximum absolute atomic E-state index is 12.2. The van der Waals surface area contributed by atoms with Crippen LogP contribution in [0.1, 0.15) is 32.6 Å². The molecule has 0 aromatic heterocycles. The van der Waals surface area contributed by atoms with Crippen molar-refractivity contribution in [3.63, 3.8) is 0 Å². The van der Waals surface area contributed by atoms with E-state index in [0.29, 0.717) is 6.42 Å². The van der Waals surface area contributed by atoms with Gasteiger partial charge in [0.25, 0.3) is 0 Å². The van der Waals surface area contributed by atoms with E-state index in [1.54, 1.807) is 0 Å². The first-order chi connectivity index (χ1) is 10.7. The molecule has 2 saturated heterocycles. The molecule has 2 rings (SSSR count). The van der Waals surface area contributed by atoms with Gasteiger partial charge in [0.15, 0.2) is 0 Å². The summed E-state index contributed by atoms with van der Waals surface area (Å²) in [6, 6.07) is 0. The number of nitrogens with one attached hydrogen (secondary N) is 2. The van der Waals surface area contributed by atoms with Gasteiger partial charge in [0.2, 0.25) is 11.8 Å². The number of hydrogen-bond donors (Lipinski definition) is 2. The van der Waals surface area contributed by atoms with Gasteiger partial charge in [-0.15, -0.1) is 0 Å². The molecule has 0 aromatic rings. The van der Waals surface area contributed by atoms with Crippen molar-refractivity contribution < 1.29 is 9.59 Å². The summed E-state index contributed by atoms with van der Waals surface area (Å²) in [6.45, 7) is 8.84. The second kappa shape index (κ2) is 9.10. The minimum absolute atomic E-state index is 0.0922. The van der Waals surface area contributed by atoms with E-state index in [1.165, 1.54) is 0 Å². The lowest BCUT2D eigenvalue weighted by atomic mass is 9.97. The predicted octanol–water partition coefficient (Wildman–Crippen LogP) is 0.0465. The van der Waals surface area contributed by atoms with Gasteiger partial charge in [0, 0.05) is 52.2 Å². The standard InChI is InChI=1S/C16H30N4O2/c1-2-6-18-16(22)14-4-3-9-19(13-14)10-5-15(21)20-11-7-17-8-12-20/h14,17H,2-13H2,1H3,(H,18,22). The normalized spacial score (nSPS) is 23.3. The first-order valence-electron chi connectivity index (χ1n) is 8.69. The number of carbonyl (C=O) groups is 2. The fourth-order valence-electron chi connectivity index (χ4n) is 3.19. The monoisotopic (exact) mass is 310 g/mol. The van der Waals surface area contributed by atoms with Crippen LogP contribution in [-0.2, 0) is 9.59 Å². The first kappa shape index (κ1) is 17.2. The number of hydrogen-bond acceptors (Lipinski definition) is 4. The van der Waals surface area contributed by atoms with Crippen LogP contribution in [0.4, 0.5) is 0 Å². The molecule has 126 valence electrons. The third kappa shape index (κ3) is 5.25. The van der Waals surface area contributed by atoms with E-state index in [1.807, 2.05) is 4.90 Å². The molecule has 0 bridgehead atoms. The molecular weight excluding hydrogens is 280 g/mol. The van der Waals surface area contributed by atoms with Crippen molar-refractivity contribution in [1.82, 2.24) is 20.4 Å². The van der Waals surface area contributed by atoms with Gasteiger partial charge in [0.1, 0.15) is 0 Å². The molecule has 0 radical (unpaired) electrons. The van der Waals surface area contributed by atoms with E-state index in [4.69, 9.17) is 0 Å². The van der Waals surface area contributed by atoms with Gasteiger partial charge in [-0.05, 0) is 25.8 Å². The zero-order chi connectivity index (χ0) is 15.8. The average Bonchev–Trinajstić information content (AvgIpc) is 2.58. The topological polar surface area (TPSA) is 64.7 Å². The third-order valence-corrected chi connectivity index (χ3v) is 4.54. The number of piperazine rings is 1. The highest BCUT2D eigenvalue weighted by atomic mass is 16.2. The third-order valence-electron chi connectivity index (χ3n) is 4.54. The van der Waals surface area contributed by atoms with Crippen LogP contribution in [0.2, 0.25) is 0 Å². The van der Waals surface area contributed by atoms with E-state index in [-0.39, 0.29) is 17.7 Å². The molecule has 6 nitrogen and oxygen atoms in total. The molecule has 2 aliphatic heterocycles. The zero-order valence-corrected chi connectivity index (χ0v) is 13.8. The lowest BCUT2D eigenvalue weighted by molar-refractivity contribution is -0.132. The minimum Gasteiger partial charge on any atom is -0.356 e. The Morgan fingerprint density at radius 2 is 2.00 bits per heavy atom. The van der Waals surface area contributed by atoms with E-state index in [2.05, 4.69) is 22.5 Å². The summed E-state index contributed by atoms with van der Waals surface area (Å²) in [4.78, 5) is 28.5. The molecule has 0 spiro atoms. The summed E-state index contributed by atoms with van der Waals surface area (Å²) in [7, 11) is 0. The lowest BCUT2D eigenvalue weighted by Gasteiger charge is -2.33. The summed E-state index contributed by atoms with van der Waals surface area (Å²) in [5.74, 6) is 0.522. The Morgan fingerprint density at radius 3 is 2.73 bits per heavy atom. The van der Waals surface area contributed by atoms with Crippen LogP contribution in [0.3, 0.4) is 0 Å². The molecule has 0 aromatic carbocycles. The second-order valence-corrected chi connectivity index (χ2v) is 6.31. The number of likely N-dealkylation sites (tertiary alicyclic amines) is 1. The highest BCUT2D eigenvalue weighted by molar-refractivity contribution is 5.79. The van der Waals surface area contributed by atoms with Crippen molar-refractivity contribution in [2.45, 2.75) is 32.6 Å². The molecule has 2 N–H and O–H groups in total. The van der Waals surface area contributed by atoms with Gasteiger partial charge < -0.3 is 20.4 Å². The molecule has 6 heteroatoms. The van der Waals surface area contributed by atoms with E-state index >= 15 is 0 Å². The zero-order valence-electron chi connectivity index (χ0n) is 13.8. The molecule has 2 fully saturated rings. The van der Waals surface area contributed by atoms with E-state index in [0.717, 1.165) is 71.6 Å². The molecular formula is C16H30N4O2. The van der Waals surface area contributed by atoms with Crippen LogP contribution < -0.4 is 10.6 Å². The fourth-order valence-corrected chi connectivity index (χ4v) is 3.19. The number of rotatable bonds is 6. The lowest BCUT2D eigenvalue weighted by Crippen LogP contribution is -2.48. The summed E-state index contributed by atoms with van der Waals surface area (Å²) in [5, 5.41) is 6.25.